The molecule has 2 N–H and O–H groups in total. The maximum absolute atomic E-state index is 12.1. The van der Waals surface area contributed by atoms with E-state index in [1.165, 1.54) is 0 Å². The van der Waals surface area contributed by atoms with Crippen LogP contribution in [0.25, 0.3) is 0 Å². The van der Waals surface area contributed by atoms with Gasteiger partial charge in [-0.2, -0.15) is 0 Å². The summed E-state index contributed by atoms with van der Waals surface area (Å²) in [5, 5.41) is 5.72. The van der Waals surface area contributed by atoms with Crippen molar-refractivity contribution in [1.29, 1.82) is 0 Å². The highest BCUT2D eigenvalue weighted by molar-refractivity contribution is 5.82. The largest absolute Gasteiger partial charge is 0.493 e. The molecule has 0 radical (unpaired) electrons. The summed E-state index contributed by atoms with van der Waals surface area (Å²) in [6.07, 6.45) is 1.02. The number of urea groups is 1. The Labute approximate surface area is 155 Å². The highest BCUT2D eigenvalue weighted by Gasteiger charge is 2.36. The maximum atomic E-state index is 12.1. The Hall–Kier alpha value is -2.44. The van der Waals surface area contributed by atoms with Crippen LogP contribution in [0.15, 0.2) is 18.2 Å². The molecule has 1 aromatic carbocycles. The van der Waals surface area contributed by atoms with E-state index in [2.05, 4.69) is 10.6 Å². The zero-order valence-electron chi connectivity index (χ0n) is 16.2. The summed E-state index contributed by atoms with van der Waals surface area (Å²) in [6, 6.07) is 5.29. The lowest BCUT2D eigenvalue weighted by Crippen LogP contribution is -2.46. The van der Waals surface area contributed by atoms with Crippen LogP contribution in [-0.4, -0.2) is 55.7 Å². The monoisotopic (exact) mass is 363 g/mol. The fourth-order valence-corrected chi connectivity index (χ4v) is 3.05. The van der Waals surface area contributed by atoms with Gasteiger partial charge in [0.05, 0.1) is 20.3 Å². The number of nitrogens with zero attached hydrogens (tertiary/aromatic N) is 1. The average Bonchev–Trinajstić information content (AvgIpc) is 2.95. The summed E-state index contributed by atoms with van der Waals surface area (Å²) in [6.45, 7) is 7.03. The van der Waals surface area contributed by atoms with Crippen LogP contribution in [0.3, 0.4) is 0 Å². The first kappa shape index (κ1) is 19.9. The minimum Gasteiger partial charge on any atom is -0.493 e. The number of hydrogen-bond acceptors (Lipinski definition) is 4. The molecule has 144 valence electrons. The Morgan fingerprint density at radius 3 is 2.50 bits per heavy atom. The normalized spacial score (nSPS) is 17.2. The second-order valence-electron chi connectivity index (χ2n) is 7.42. The van der Waals surface area contributed by atoms with Gasteiger partial charge in [-0.05, 0) is 44.9 Å². The summed E-state index contributed by atoms with van der Waals surface area (Å²) in [7, 11) is 3.19. The van der Waals surface area contributed by atoms with Gasteiger partial charge in [-0.1, -0.05) is 6.07 Å². The van der Waals surface area contributed by atoms with Crippen LogP contribution >= 0.6 is 0 Å². The van der Waals surface area contributed by atoms with Gasteiger partial charge in [0.2, 0.25) is 5.91 Å². The lowest BCUT2D eigenvalue weighted by molar-refractivity contribution is -0.131. The van der Waals surface area contributed by atoms with Crippen LogP contribution < -0.4 is 20.1 Å². The van der Waals surface area contributed by atoms with E-state index >= 15 is 0 Å². The Kier molecular flexibility index (Phi) is 6.34. The van der Waals surface area contributed by atoms with Gasteiger partial charge in [0, 0.05) is 25.0 Å². The van der Waals surface area contributed by atoms with E-state index in [0.29, 0.717) is 37.4 Å². The molecule has 0 aliphatic carbocycles. The van der Waals surface area contributed by atoms with Crippen LogP contribution in [0, 0.1) is 0 Å². The van der Waals surface area contributed by atoms with E-state index < -0.39 is 0 Å². The Morgan fingerprint density at radius 2 is 1.92 bits per heavy atom. The van der Waals surface area contributed by atoms with E-state index in [4.69, 9.17) is 9.47 Å². The number of ether oxygens (including phenoxy) is 2. The SMILES string of the molecule is COc1ccc(CCNC(=O)NC2CC(=O)N(C(C)(C)C)C2)cc1OC. The van der Waals surface area contributed by atoms with Gasteiger partial charge < -0.3 is 25.0 Å². The molecule has 1 aromatic rings. The van der Waals surface area contributed by atoms with Crippen LogP contribution in [0.1, 0.15) is 32.8 Å². The predicted octanol–water partition coefficient (Wildman–Crippen LogP) is 1.94. The molecule has 0 saturated carbocycles. The van der Waals surface area contributed by atoms with Crippen molar-refractivity contribution >= 4 is 11.9 Å². The second kappa shape index (κ2) is 8.29. The summed E-state index contributed by atoms with van der Waals surface area (Å²) in [5.74, 6) is 1.42. The molecule has 1 saturated heterocycles. The highest BCUT2D eigenvalue weighted by atomic mass is 16.5. The molecule has 1 unspecified atom stereocenters. The van der Waals surface area contributed by atoms with Gasteiger partial charge in [0.25, 0.3) is 0 Å². The highest BCUT2D eigenvalue weighted by Crippen LogP contribution is 2.27. The number of methoxy groups -OCH3 is 2. The van der Waals surface area contributed by atoms with Crippen molar-refractivity contribution in [2.75, 3.05) is 27.3 Å². The number of hydrogen-bond donors (Lipinski definition) is 2. The first-order chi connectivity index (χ1) is 12.2. The number of carbonyl (C=O) groups excluding carboxylic acids is 2. The summed E-state index contributed by atoms with van der Waals surface area (Å²) in [4.78, 5) is 25.9. The minimum atomic E-state index is -0.251. The molecule has 1 heterocycles. The second-order valence-corrected chi connectivity index (χ2v) is 7.42. The summed E-state index contributed by atoms with van der Waals surface area (Å²) in [5.41, 5.74) is 0.815. The van der Waals surface area contributed by atoms with Crippen molar-refractivity contribution < 1.29 is 19.1 Å². The van der Waals surface area contributed by atoms with E-state index in [0.717, 1.165) is 5.56 Å². The molecule has 1 aliphatic rings. The number of carbonyl (C=O) groups is 2. The minimum absolute atomic E-state index is 0.0770. The first-order valence-corrected chi connectivity index (χ1v) is 8.80. The number of likely N-dealkylation sites (tertiary alicyclic amines) is 1. The van der Waals surface area contributed by atoms with Crippen LogP contribution in [0.2, 0.25) is 0 Å². The van der Waals surface area contributed by atoms with Crippen LogP contribution in [0.4, 0.5) is 4.79 Å². The molecule has 7 nitrogen and oxygen atoms in total. The quantitative estimate of drug-likeness (QED) is 0.810. The molecule has 7 heteroatoms. The Morgan fingerprint density at radius 1 is 1.23 bits per heavy atom. The maximum Gasteiger partial charge on any atom is 0.315 e. The van der Waals surface area contributed by atoms with E-state index in [1.54, 1.807) is 14.2 Å². The van der Waals surface area contributed by atoms with Crippen molar-refractivity contribution in [3.8, 4) is 11.5 Å². The lowest BCUT2D eigenvalue weighted by atomic mass is 10.1. The number of nitrogens with one attached hydrogen (secondary N) is 2. The van der Waals surface area contributed by atoms with E-state index in [-0.39, 0.29) is 23.5 Å². The third-order valence-electron chi connectivity index (χ3n) is 4.42. The molecule has 2 rings (SSSR count). The molecule has 26 heavy (non-hydrogen) atoms. The van der Waals surface area contributed by atoms with Gasteiger partial charge in [-0.3, -0.25) is 4.79 Å². The molecule has 3 amide bonds. The van der Waals surface area contributed by atoms with Gasteiger partial charge >= 0.3 is 6.03 Å². The predicted molar refractivity (Wildman–Crippen MR) is 99.7 cm³/mol. The standard InChI is InChI=1S/C19H29N3O4/c1-19(2,3)22-12-14(11-17(22)23)21-18(24)20-9-8-13-6-7-15(25-4)16(10-13)26-5/h6-7,10,14H,8-9,11-12H2,1-5H3,(H2,20,21,24). The van der Waals surface area contributed by atoms with Crippen molar-refractivity contribution in [3.63, 3.8) is 0 Å². The summed E-state index contributed by atoms with van der Waals surface area (Å²) < 4.78 is 10.5. The Balaban J connectivity index is 1.79. The fourth-order valence-electron chi connectivity index (χ4n) is 3.05. The molecule has 1 fully saturated rings. The lowest BCUT2D eigenvalue weighted by Gasteiger charge is -2.32. The number of benzene rings is 1. The van der Waals surface area contributed by atoms with Crippen LogP contribution in [0.5, 0.6) is 11.5 Å². The van der Waals surface area contributed by atoms with Gasteiger partial charge in [-0.15, -0.1) is 0 Å². The third-order valence-corrected chi connectivity index (χ3v) is 4.42. The molecule has 0 aromatic heterocycles. The van der Waals surface area contributed by atoms with Gasteiger partial charge in [0.1, 0.15) is 0 Å². The summed E-state index contributed by atoms with van der Waals surface area (Å²) >= 11 is 0. The van der Waals surface area contributed by atoms with E-state index in [9.17, 15) is 9.59 Å². The molecular weight excluding hydrogens is 334 g/mol. The Bertz CT molecular complexity index is 655. The van der Waals surface area contributed by atoms with Gasteiger partial charge in [0.15, 0.2) is 11.5 Å². The van der Waals surface area contributed by atoms with E-state index in [1.807, 2.05) is 43.9 Å². The smallest absolute Gasteiger partial charge is 0.315 e. The zero-order chi connectivity index (χ0) is 19.3. The number of amides is 3. The van der Waals surface area contributed by atoms with Crippen LogP contribution in [-0.2, 0) is 11.2 Å². The zero-order valence-corrected chi connectivity index (χ0v) is 16.2. The molecular formula is C19H29N3O4. The van der Waals surface area contributed by atoms with Crippen molar-refractivity contribution in [3.05, 3.63) is 23.8 Å². The van der Waals surface area contributed by atoms with Crippen molar-refractivity contribution in [1.82, 2.24) is 15.5 Å². The number of rotatable bonds is 6. The molecule has 0 bridgehead atoms. The van der Waals surface area contributed by atoms with Crippen molar-refractivity contribution in [2.45, 2.75) is 45.2 Å². The molecule has 1 aliphatic heterocycles. The topological polar surface area (TPSA) is 79.9 Å². The third kappa shape index (κ3) is 5.03. The average molecular weight is 363 g/mol. The first-order valence-electron chi connectivity index (χ1n) is 8.80. The van der Waals surface area contributed by atoms with Crippen molar-refractivity contribution in [2.24, 2.45) is 0 Å². The fraction of sp³-hybridized carbons (Fsp3) is 0.579. The molecule has 0 spiro atoms. The molecule has 1 atom stereocenters. The van der Waals surface area contributed by atoms with Gasteiger partial charge in [-0.25, -0.2) is 4.79 Å².